The smallest absolute Gasteiger partial charge is 0.409 e. The molecule has 0 aromatic heterocycles. The fraction of sp³-hybridized carbons (Fsp3) is 0.500. The van der Waals surface area contributed by atoms with Crippen LogP contribution in [0.25, 0.3) is 0 Å². The molecule has 0 atom stereocenters. The lowest BCUT2D eigenvalue weighted by Gasteiger charge is -2.06. The predicted octanol–water partition coefficient (Wildman–Crippen LogP) is -0.821. The van der Waals surface area contributed by atoms with Gasteiger partial charge in [0.15, 0.2) is 0 Å². The van der Waals surface area contributed by atoms with Gasteiger partial charge in [0, 0.05) is 0 Å². The molecule has 0 radical (unpaired) electrons. The summed E-state index contributed by atoms with van der Waals surface area (Å²) < 4.78 is 0. The molecular formula is C2H3ClN4O5. The number of nitrogens with zero attached hydrogens (tertiary/aromatic N) is 3. The average molecular weight is 199 g/mol. The summed E-state index contributed by atoms with van der Waals surface area (Å²) in [4.78, 5) is 17.1. The van der Waals surface area contributed by atoms with E-state index in [0.717, 1.165) is 0 Å². The number of amidine groups is 1. The maximum atomic E-state index is 10.0. The second kappa shape index (κ2) is 3.17. The van der Waals surface area contributed by atoms with Crippen molar-refractivity contribution in [2.45, 2.75) is 5.12 Å². The third kappa shape index (κ3) is 1.34. The Balaban J connectivity index is 5.16. The quantitative estimate of drug-likeness (QED) is 0.0885. The van der Waals surface area contributed by atoms with Gasteiger partial charge in [0.05, 0.1) is 11.6 Å². The van der Waals surface area contributed by atoms with Crippen LogP contribution in [-0.4, -0.2) is 26.0 Å². The second-order valence-corrected chi connectivity index (χ2v) is 2.11. The van der Waals surface area contributed by atoms with Crippen molar-refractivity contribution in [3.05, 3.63) is 20.2 Å². The molecule has 0 saturated carbocycles. The van der Waals surface area contributed by atoms with Crippen LogP contribution in [0, 0.1) is 20.2 Å². The Hall–Kier alpha value is -1.64. The first-order valence-corrected chi connectivity index (χ1v) is 2.71. The predicted molar refractivity (Wildman–Crippen MR) is 36.0 cm³/mol. The molecule has 68 valence electrons. The molecular weight excluding hydrogens is 195 g/mol. The first-order valence-electron chi connectivity index (χ1n) is 2.33. The molecule has 0 heterocycles. The fourth-order valence-corrected chi connectivity index (χ4v) is 0.355. The van der Waals surface area contributed by atoms with Gasteiger partial charge in [-0.3, -0.25) is 20.2 Å². The highest BCUT2D eigenvalue weighted by Gasteiger charge is 2.60. The van der Waals surface area contributed by atoms with Gasteiger partial charge in [-0.2, -0.15) is 0 Å². The van der Waals surface area contributed by atoms with Gasteiger partial charge in [-0.05, 0) is 0 Å². The van der Waals surface area contributed by atoms with Gasteiger partial charge in [0.1, 0.15) is 9.85 Å². The van der Waals surface area contributed by atoms with E-state index in [1.165, 1.54) is 0 Å². The molecule has 0 spiro atoms. The Labute approximate surface area is 69.7 Å². The topological polar surface area (TPSA) is 145 Å². The Morgan fingerprint density at radius 2 is 1.83 bits per heavy atom. The first kappa shape index (κ1) is 10.4. The minimum atomic E-state index is -3.30. The van der Waals surface area contributed by atoms with Crippen LogP contribution in [-0.2, 0) is 0 Å². The Morgan fingerprint density at radius 1 is 1.50 bits per heavy atom. The summed E-state index contributed by atoms with van der Waals surface area (Å²) in [5.74, 6) is -1.31. The molecule has 0 amide bonds. The van der Waals surface area contributed by atoms with Gasteiger partial charge < -0.3 is 10.9 Å². The van der Waals surface area contributed by atoms with E-state index in [1.54, 1.807) is 0 Å². The maximum Gasteiger partial charge on any atom is 0.598 e. The normalized spacial score (nSPS) is 12.6. The lowest BCUT2D eigenvalue weighted by atomic mass is 10.5. The minimum absolute atomic E-state index is 1.31. The zero-order valence-electron chi connectivity index (χ0n) is 5.38. The van der Waals surface area contributed by atoms with Crippen LogP contribution in [0.4, 0.5) is 0 Å². The van der Waals surface area contributed by atoms with E-state index in [4.69, 9.17) is 16.8 Å². The molecule has 0 aliphatic heterocycles. The van der Waals surface area contributed by atoms with Crippen molar-refractivity contribution in [3.8, 4) is 0 Å². The number of nitrogens with two attached hydrogens (primary N) is 1. The van der Waals surface area contributed by atoms with E-state index in [0.29, 0.717) is 0 Å². The van der Waals surface area contributed by atoms with Crippen molar-refractivity contribution in [3.63, 3.8) is 0 Å². The second-order valence-electron chi connectivity index (χ2n) is 1.59. The van der Waals surface area contributed by atoms with Crippen LogP contribution in [0.2, 0.25) is 0 Å². The Morgan fingerprint density at radius 3 is 1.92 bits per heavy atom. The zero-order chi connectivity index (χ0) is 9.94. The van der Waals surface area contributed by atoms with Crippen molar-refractivity contribution in [2.75, 3.05) is 0 Å². The van der Waals surface area contributed by atoms with E-state index >= 15 is 0 Å². The molecule has 0 saturated heterocycles. The number of nitro groups is 2. The molecule has 0 rings (SSSR count). The van der Waals surface area contributed by atoms with Crippen molar-refractivity contribution in [1.82, 2.24) is 0 Å². The molecule has 0 bridgehead atoms. The summed E-state index contributed by atoms with van der Waals surface area (Å²) in [6.07, 6.45) is 0. The molecule has 10 heteroatoms. The molecule has 0 aromatic rings. The summed E-state index contributed by atoms with van der Waals surface area (Å²) in [5, 5.41) is 26.8. The number of hydrogen-bond acceptors (Lipinski definition) is 6. The summed E-state index contributed by atoms with van der Waals surface area (Å²) in [6.45, 7) is 0. The largest absolute Gasteiger partial charge is 0.598 e. The third-order valence-electron chi connectivity index (χ3n) is 0.918. The lowest BCUT2D eigenvalue weighted by Crippen LogP contribution is -2.52. The fourth-order valence-electron chi connectivity index (χ4n) is 0.317. The number of alkyl halides is 1. The van der Waals surface area contributed by atoms with Crippen LogP contribution >= 0.6 is 11.6 Å². The lowest BCUT2D eigenvalue weighted by molar-refractivity contribution is -0.742. The van der Waals surface area contributed by atoms with E-state index in [-0.39, 0.29) is 0 Å². The number of oxime groups is 1. The van der Waals surface area contributed by atoms with Crippen molar-refractivity contribution in [2.24, 2.45) is 10.9 Å². The molecule has 0 aliphatic rings. The number of rotatable bonds is 3. The maximum absolute atomic E-state index is 10.0. The van der Waals surface area contributed by atoms with Gasteiger partial charge in [-0.15, -0.1) is 0 Å². The summed E-state index contributed by atoms with van der Waals surface area (Å²) in [5.41, 5.74) is 4.64. The van der Waals surface area contributed by atoms with Gasteiger partial charge in [0.2, 0.25) is 0 Å². The number of hydrogen-bond donors (Lipinski definition) is 2. The van der Waals surface area contributed by atoms with Crippen LogP contribution in [0.3, 0.4) is 0 Å². The molecule has 0 aliphatic carbocycles. The Kier molecular flexibility index (Phi) is 2.74. The summed E-state index contributed by atoms with van der Waals surface area (Å²) >= 11 is 4.85. The van der Waals surface area contributed by atoms with Gasteiger partial charge in [-0.25, -0.2) is 0 Å². The summed E-state index contributed by atoms with van der Waals surface area (Å²) in [7, 11) is 0. The van der Waals surface area contributed by atoms with Gasteiger partial charge in [-0.1, -0.05) is 5.16 Å². The molecule has 9 nitrogen and oxygen atoms in total. The average Bonchev–Trinajstić information content (AvgIpc) is 2.00. The molecule has 3 N–H and O–H groups in total. The molecule has 0 unspecified atom stereocenters. The van der Waals surface area contributed by atoms with Crippen molar-refractivity contribution in [1.29, 1.82) is 0 Å². The van der Waals surface area contributed by atoms with E-state index in [1.807, 2.05) is 0 Å². The highest BCUT2D eigenvalue weighted by Crippen LogP contribution is 2.16. The van der Waals surface area contributed by atoms with E-state index < -0.39 is 20.8 Å². The third-order valence-corrected chi connectivity index (χ3v) is 1.39. The SMILES string of the molecule is NC(=NO)C(Cl)([N+](=O)[O-])[N+](=O)[O-]. The van der Waals surface area contributed by atoms with Crippen LogP contribution in [0.15, 0.2) is 5.16 Å². The van der Waals surface area contributed by atoms with Gasteiger partial charge in [0.25, 0.3) is 0 Å². The van der Waals surface area contributed by atoms with Gasteiger partial charge >= 0.3 is 11.0 Å². The van der Waals surface area contributed by atoms with Crippen LogP contribution < -0.4 is 5.73 Å². The highest BCUT2D eigenvalue weighted by atomic mass is 35.5. The summed E-state index contributed by atoms with van der Waals surface area (Å²) in [6, 6.07) is 0. The number of halogens is 1. The molecule has 0 fully saturated rings. The standard InChI is InChI=1S/C2H3ClN4O5/c3-2(6(9)10,7(11)12)1(4)5-8/h8H,(H2,4,5). The zero-order valence-corrected chi connectivity index (χ0v) is 6.13. The van der Waals surface area contributed by atoms with E-state index in [2.05, 4.69) is 10.9 Å². The van der Waals surface area contributed by atoms with E-state index in [9.17, 15) is 20.2 Å². The molecule has 0 aromatic carbocycles. The monoisotopic (exact) mass is 198 g/mol. The van der Waals surface area contributed by atoms with Crippen molar-refractivity contribution >= 4 is 17.4 Å². The van der Waals surface area contributed by atoms with Crippen molar-refractivity contribution < 1.29 is 15.1 Å². The highest BCUT2D eigenvalue weighted by molar-refractivity contribution is 6.32. The Bertz CT molecular complexity index is 236. The van der Waals surface area contributed by atoms with Crippen LogP contribution in [0.5, 0.6) is 0 Å². The molecule has 12 heavy (non-hydrogen) atoms. The first-order chi connectivity index (χ1) is 5.37. The van der Waals surface area contributed by atoms with Crippen LogP contribution in [0.1, 0.15) is 0 Å². The minimum Gasteiger partial charge on any atom is -0.409 e.